The van der Waals surface area contributed by atoms with E-state index in [1.165, 1.54) is 17.2 Å². The van der Waals surface area contributed by atoms with Crippen LogP contribution in [0.5, 0.6) is 0 Å². The Kier molecular flexibility index (Phi) is 3.53. The highest BCUT2D eigenvalue weighted by Gasteiger charge is 2.18. The van der Waals surface area contributed by atoms with Gasteiger partial charge in [-0.1, -0.05) is 16.3 Å². The summed E-state index contributed by atoms with van der Waals surface area (Å²) in [7, 11) is 0. The van der Waals surface area contributed by atoms with Gasteiger partial charge in [0.15, 0.2) is 0 Å². The van der Waals surface area contributed by atoms with Gasteiger partial charge in [-0.15, -0.1) is 0 Å². The lowest BCUT2D eigenvalue weighted by Gasteiger charge is -2.19. The van der Waals surface area contributed by atoms with Crippen LogP contribution in [0.3, 0.4) is 0 Å². The molecule has 0 aliphatic rings. The number of carbonyl (C=O) groups excluding carboxylic acids is 1. The first-order valence-corrected chi connectivity index (χ1v) is 5.75. The molecule has 1 amide bonds. The van der Waals surface area contributed by atoms with Crippen LogP contribution in [0.2, 0.25) is 5.02 Å². The van der Waals surface area contributed by atoms with Crippen LogP contribution in [0.1, 0.15) is 6.92 Å². The number of halogens is 1. The number of rotatable bonds is 2. The van der Waals surface area contributed by atoms with E-state index in [4.69, 9.17) is 16.1 Å². The topological polar surface area (TPSA) is 55.5 Å². The zero-order chi connectivity index (χ0) is 13.1. The number of anilines is 1. The summed E-state index contributed by atoms with van der Waals surface area (Å²) in [5, 5.41) is 0.581. The van der Waals surface area contributed by atoms with Crippen LogP contribution in [0.25, 0.3) is 0 Å². The van der Waals surface area contributed by atoms with Crippen molar-refractivity contribution in [2.45, 2.75) is 6.92 Å². The summed E-state index contributed by atoms with van der Waals surface area (Å²) >= 11 is 5.79. The number of aromatic nitrogens is 1. The normalized spacial score (nSPS) is 10.3. The number of amides is 1. The van der Waals surface area contributed by atoms with Crippen molar-refractivity contribution in [3.63, 3.8) is 0 Å². The minimum absolute atomic E-state index is 0.410. The second-order valence-corrected chi connectivity index (χ2v) is 3.98. The molecule has 5 nitrogen and oxygen atoms in total. The SMILES string of the molecule is CCN(C(=O)n1occc1=O)c1ccc(Cl)cc1. The van der Waals surface area contributed by atoms with Gasteiger partial charge in [0, 0.05) is 23.3 Å². The van der Waals surface area contributed by atoms with Crippen LogP contribution in [-0.4, -0.2) is 17.3 Å². The third-order valence-electron chi connectivity index (χ3n) is 2.44. The summed E-state index contributed by atoms with van der Waals surface area (Å²) in [5.74, 6) is 0. The Balaban J connectivity index is 2.35. The van der Waals surface area contributed by atoms with Gasteiger partial charge >= 0.3 is 6.03 Å². The molecule has 0 atom stereocenters. The Morgan fingerprint density at radius 2 is 2.00 bits per heavy atom. The molecule has 1 aromatic carbocycles. The van der Waals surface area contributed by atoms with E-state index in [2.05, 4.69) is 0 Å². The summed E-state index contributed by atoms with van der Waals surface area (Å²) in [6.07, 6.45) is 1.18. The molecule has 0 unspecified atom stereocenters. The number of benzene rings is 1. The average Bonchev–Trinajstić information content (AvgIpc) is 2.78. The molecule has 0 radical (unpaired) electrons. The van der Waals surface area contributed by atoms with E-state index in [0.717, 1.165) is 0 Å². The van der Waals surface area contributed by atoms with Gasteiger partial charge in [0.25, 0.3) is 5.56 Å². The minimum atomic E-state index is -0.533. The van der Waals surface area contributed by atoms with Crippen molar-refractivity contribution >= 4 is 23.3 Å². The van der Waals surface area contributed by atoms with Crippen molar-refractivity contribution in [2.75, 3.05) is 11.4 Å². The van der Waals surface area contributed by atoms with Gasteiger partial charge in [0.05, 0.1) is 0 Å². The quantitative estimate of drug-likeness (QED) is 0.839. The Morgan fingerprint density at radius 1 is 1.33 bits per heavy atom. The molecule has 0 spiro atoms. The lowest BCUT2D eigenvalue weighted by Crippen LogP contribution is -2.38. The van der Waals surface area contributed by atoms with Gasteiger partial charge in [-0.3, -0.25) is 9.69 Å². The molecule has 18 heavy (non-hydrogen) atoms. The molecule has 2 rings (SSSR count). The fourth-order valence-electron chi connectivity index (χ4n) is 1.57. The summed E-state index contributed by atoms with van der Waals surface area (Å²) in [6, 6.07) is 7.42. The fourth-order valence-corrected chi connectivity index (χ4v) is 1.69. The highest BCUT2D eigenvalue weighted by molar-refractivity contribution is 6.30. The molecule has 1 heterocycles. The van der Waals surface area contributed by atoms with Gasteiger partial charge in [-0.2, -0.15) is 0 Å². The van der Waals surface area contributed by atoms with Gasteiger partial charge < -0.3 is 4.52 Å². The molecule has 0 saturated carbocycles. The summed E-state index contributed by atoms with van der Waals surface area (Å²) in [6.45, 7) is 2.22. The zero-order valence-corrected chi connectivity index (χ0v) is 10.4. The predicted octanol–water partition coefficient (Wildman–Crippen LogP) is 2.59. The standard InChI is InChI=1S/C12H11ClN2O3/c1-2-14(10-5-3-9(13)4-6-10)12(17)15-11(16)7-8-18-15/h3-8H,2H2,1H3. The summed E-state index contributed by atoms with van der Waals surface area (Å²) in [5.41, 5.74) is 0.155. The first-order chi connectivity index (χ1) is 8.63. The highest BCUT2D eigenvalue weighted by Crippen LogP contribution is 2.18. The van der Waals surface area contributed by atoms with E-state index in [0.29, 0.717) is 22.0 Å². The van der Waals surface area contributed by atoms with E-state index >= 15 is 0 Å². The Labute approximate surface area is 108 Å². The van der Waals surface area contributed by atoms with Crippen LogP contribution in [-0.2, 0) is 0 Å². The van der Waals surface area contributed by atoms with Crippen LogP contribution < -0.4 is 10.5 Å². The maximum atomic E-state index is 12.1. The van der Waals surface area contributed by atoms with Crippen molar-refractivity contribution < 1.29 is 9.32 Å². The number of nitrogens with zero attached hydrogens (tertiary/aromatic N) is 2. The van der Waals surface area contributed by atoms with Crippen molar-refractivity contribution in [1.29, 1.82) is 0 Å². The Bertz CT molecular complexity index is 600. The number of hydrogen-bond acceptors (Lipinski definition) is 3. The highest BCUT2D eigenvalue weighted by atomic mass is 35.5. The zero-order valence-electron chi connectivity index (χ0n) is 9.67. The lowest BCUT2D eigenvalue weighted by molar-refractivity contribution is 0.215. The molecule has 0 bridgehead atoms. The number of hydrogen-bond donors (Lipinski definition) is 0. The van der Waals surface area contributed by atoms with Crippen LogP contribution in [0.15, 0.2) is 45.9 Å². The maximum Gasteiger partial charge on any atom is 0.365 e. The van der Waals surface area contributed by atoms with Gasteiger partial charge in [0.2, 0.25) is 0 Å². The first-order valence-electron chi connectivity index (χ1n) is 5.38. The molecular weight excluding hydrogens is 256 g/mol. The van der Waals surface area contributed by atoms with Gasteiger partial charge in [-0.25, -0.2) is 4.79 Å². The fraction of sp³-hybridized carbons (Fsp3) is 0.167. The van der Waals surface area contributed by atoms with E-state index in [1.54, 1.807) is 31.2 Å². The third kappa shape index (κ3) is 2.31. The Hall–Kier alpha value is -2.01. The van der Waals surface area contributed by atoms with E-state index in [9.17, 15) is 9.59 Å². The second-order valence-electron chi connectivity index (χ2n) is 3.54. The van der Waals surface area contributed by atoms with Crippen molar-refractivity contribution in [3.05, 3.63) is 52.0 Å². The van der Waals surface area contributed by atoms with Crippen molar-refractivity contribution in [3.8, 4) is 0 Å². The van der Waals surface area contributed by atoms with Crippen molar-refractivity contribution in [2.24, 2.45) is 0 Å². The predicted molar refractivity (Wildman–Crippen MR) is 68.2 cm³/mol. The maximum absolute atomic E-state index is 12.1. The smallest absolute Gasteiger partial charge is 0.365 e. The van der Waals surface area contributed by atoms with Crippen LogP contribution in [0.4, 0.5) is 10.5 Å². The summed E-state index contributed by atoms with van der Waals surface area (Å²) in [4.78, 5) is 24.9. The monoisotopic (exact) mass is 266 g/mol. The molecule has 0 aliphatic heterocycles. The molecular formula is C12H11ClN2O3. The van der Waals surface area contributed by atoms with Gasteiger partial charge in [-0.05, 0) is 31.2 Å². The molecule has 0 fully saturated rings. The molecule has 6 heteroatoms. The molecule has 94 valence electrons. The largest absolute Gasteiger partial charge is 0.375 e. The third-order valence-corrected chi connectivity index (χ3v) is 2.69. The Morgan fingerprint density at radius 3 is 2.50 bits per heavy atom. The molecule has 2 aromatic rings. The lowest BCUT2D eigenvalue weighted by atomic mass is 10.3. The van der Waals surface area contributed by atoms with Gasteiger partial charge in [0.1, 0.15) is 6.26 Å². The van der Waals surface area contributed by atoms with E-state index in [-0.39, 0.29) is 0 Å². The van der Waals surface area contributed by atoms with Crippen LogP contribution >= 0.6 is 11.6 Å². The van der Waals surface area contributed by atoms with Crippen LogP contribution in [0, 0.1) is 0 Å². The molecule has 0 saturated heterocycles. The molecule has 0 N–H and O–H groups in total. The van der Waals surface area contributed by atoms with Crippen molar-refractivity contribution in [1.82, 2.24) is 4.74 Å². The minimum Gasteiger partial charge on any atom is -0.375 e. The average molecular weight is 267 g/mol. The van der Waals surface area contributed by atoms with E-state index in [1.807, 2.05) is 0 Å². The number of carbonyl (C=O) groups is 1. The summed E-state index contributed by atoms with van der Waals surface area (Å²) < 4.78 is 5.55. The molecule has 0 aliphatic carbocycles. The second kappa shape index (κ2) is 5.10. The molecule has 1 aromatic heterocycles. The van der Waals surface area contributed by atoms with E-state index < -0.39 is 11.6 Å². The first kappa shape index (κ1) is 12.4.